The van der Waals surface area contributed by atoms with Crippen molar-refractivity contribution in [2.45, 2.75) is 23.8 Å². The topological polar surface area (TPSA) is 92.8 Å². The fourth-order valence-electron chi connectivity index (χ4n) is 4.01. The molecule has 1 amide bonds. The van der Waals surface area contributed by atoms with Crippen molar-refractivity contribution in [2.75, 3.05) is 18.5 Å². The van der Waals surface area contributed by atoms with E-state index < -0.39 is 40.4 Å². The molecule has 188 valence electrons. The van der Waals surface area contributed by atoms with E-state index in [1.807, 2.05) is 12.1 Å². The summed E-state index contributed by atoms with van der Waals surface area (Å²) >= 11 is 11.9. The van der Waals surface area contributed by atoms with Gasteiger partial charge in [-0.1, -0.05) is 47.5 Å². The van der Waals surface area contributed by atoms with Crippen molar-refractivity contribution < 1.29 is 27.1 Å². The zero-order chi connectivity index (χ0) is 25.9. The number of amides is 1. The first-order valence-electron chi connectivity index (χ1n) is 10.9. The number of carbonyl (C=O) groups excluding carboxylic acids is 2. The highest BCUT2D eigenvalue weighted by atomic mass is 35.5. The van der Waals surface area contributed by atoms with E-state index in [1.165, 1.54) is 28.6 Å². The van der Waals surface area contributed by atoms with Gasteiger partial charge < -0.3 is 10.1 Å². The number of esters is 1. The maximum atomic E-state index is 13.4. The second kappa shape index (κ2) is 11.0. The van der Waals surface area contributed by atoms with E-state index in [4.69, 9.17) is 27.9 Å². The van der Waals surface area contributed by atoms with Crippen LogP contribution in [0.25, 0.3) is 0 Å². The van der Waals surface area contributed by atoms with E-state index in [9.17, 15) is 22.4 Å². The van der Waals surface area contributed by atoms with Crippen LogP contribution in [-0.2, 0) is 30.8 Å². The summed E-state index contributed by atoms with van der Waals surface area (Å²) in [6.07, 6.45) is 0.133. The molecule has 0 saturated heterocycles. The second-order valence-corrected chi connectivity index (χ2v) is 10.8. The van der Waals surface area contributed by atoms with Crippen molar-refractivity contribution in [1.82, 2.24) is 4.31 Å². The van der Waals surface area contributed by atoms with Gasteiger partial charge in [-0.15, -0.1) is 0 Å². The second-order valence-electron chi connectivity index (χ2n) is 8.07. The Hall–Kier alpha value is -2.98. The number of benzene rings is 3. The molecular formula is C25H21Cl2FN2O5S. The zero-order valence-corrected chi connectivity index (χ0v) is 21.1. The Morgan fingerprint density at radius 3 is 2.53 bits per heavy atom. The number of nitrogens with one attached hydrogen (secondary N) is 1. The summed E-state index contributed by atoms with van der Waals surface area (Å²) < 4.78 is 46.5. The van der Waals surface area contributed by atoms with Crippen molar-refractivity contribution in [1.29, 1.82) is 0 Å². The molecule has 1 N–H and O–H groups in total. The summed E-state index contributed by atoms with van der Waals surface area (Å²) in [5.74, 6) is -1.95. The molecule has 7 nitrogen and oxygen atoms in total. The Balaban J connectivity index is 1.50. The first-order chi connectivity index (χ1) is 17.1. The number of hydrogen-bond donors (Lipinski definition) is 1. The lowest BCUT2D eigenvalue weighted by Crippen LogP contribution is -2.41. The van der Waals surface area contributed by atoms with Crippen molar-refractivity contribution in [2.24, 2.45) is 0 Å². The van der Waals surface area contributed by atoms with Crippen LogP contribution in [0.2, 0.25) is 10.0 Å². The maximum Gasteiger partial charge on any atom is 0.308 e. The number of anilines is 1. The Morgan fingerprint density at radius 1 is 1.06 bits per heavy atom. The van der Waals surface area contributed by atoms with Gasteiger partial charge in [-0.25, -0.2) is 12.8 Å². The summed E-state index contributed by atoms with van der Waals surface area (Å²) in [6, 6.07) is 15.4. The minimum Gasteiger partial charge on any atom is -0.456 e. The molecule has 1 atom stereocenters. The minimum atomic E-state index is -4.04. The molecule has 1 aliphatic rings. The third kappa shape index (κ3) is 5.87. The Bertz CT molecular complexity index is 1400. The van der Waals surface area contributed by atoms with Gasteiger partial charge in [-0.05, 0) is 60.0 Å². The highest BCUT2D eigenvalue weighted by Gasteiger charge is 2.38. The largest absolute Gasteiger partial charge is 0.456 e. The third-order valence-corrected chi connectivity index (χ3v) is 8.20. The minimum absolute atomic E-state index is 0.0839. The summed E-state index contributed by atoms with van der Waals surface area (Å²) in [5.41, 5.74) is 1.85. The summed E-state index contributed by atoms with van der Waals surface area (Å²) in [7, 11) is -4.04. The molecule has 4 rings (SSSR count). The van der Waals surface area contributed by atoms with Crippen LogP contribution in [0.15, 0.2) is 71.6 Å². The monoisotopic (exact) mass is 550 g/mol. The van der Waals surface area contributed by atoms with Gasteiger partial charge >= 0.3 is 5.97 Å². The van der Waals surface area contributed by atoms with E-state index in [2.05, 4.69) is 5.32 Å². The highest BCUT2D eigenvalue weighted by molar-refractivity contribution is 7.89. The van der Waals surface area contributed by atoms with Crippen LogP contribution in [0.3, 0.4) is 0 Å². The van der Waals surface area contributed by atoms with Crippen LogP contribution < -0.4 is 5.32 Å². The van der Waals surface area contributed by atoms with E-state index >= 15 is 0 Å². The van der Waals surface area contributed by atoms with Crippen LogP contribution in [-0.4, -0.2) is 37.8 Å². The van der Waals surface area contributed by atoms with Crippen LogP contribution in [0.1, 0.15) is 23.6 Å². The van der Waals surface area contributed by atoms with Gasteiger partial charge in [0.15, 0.2) is 6.61 Å². The average Bonchev–Trinajstić information content (AvgIpc) is 2.85. The standard InChI is InChI=1S/C25H21Cl2FN2O5S/c26-17-5-10-21(27)22(13-17)29-24(31)15-35-25(32)14-23-20-4-2-1-3-16(20)11-12-30(23)36(33,34)19-8-6-18(28)7-9-19/h1-10,13,23H,11-12,14-15H2,(H,29,31). The number of rotatable bonds is 7. The van der Waals surface area contributed by atoms with Crippen LogP contribution in [0.5, 0.6) is 0 Å². The van der Waals surface area contributed by atoms with E-state index in [-0.39, 0.29) is 28.6 Å². The molecular weight excluding hydrogens is 530 g/mol. The van der Waals surface area contributed by atoms with Gasteiger partial charge in [0, 0.05) is 11.6 Å². The fourth-order valence-corrected chi connectivity index (χ4v) is 5.95. The van der Waals surface area contributed by atoms with Gasteiger partial charge in [0.05, 0.1) is 28.1 Å². The number of nitrogens with zero attached hydrogens (tertiary/aromatic N) is 1. The first kappa shape index (κ1) is 26.1. The fraction of sp³-hybridized carbons (Fsp3) is 0.200. The molecule has 0 fully saturated rings. The molecule has 3 aromatic carbocycles. The molecule has 0 aliphatic carbocycles. The third-order valence-electron chi connectivity index (χ3n) is 5.71. The molecule has 11 heteroatoms. The average molecular weight is 551 g/mol. The van der Waals surface area contributed by atoms with Crippen molar-refractivity contribution in [3.05, 3.63) is 93.7 Å². The van der Waals surface area contributed by atoms with E-state index in [1.54, 1.807) is 18.2 Å². The number of hydrogen-bond acceptors (Lipinski definition) is 5. The van der Waals surface area contributed by atoms with Crippen LogP contribution >= 0.6 is 23.2 Å². The van der Waals surface area contributed by atoms with Crippen LogP contribution in [0, 0.1) is 5.82 Å². The zero-order valence-electron chi connectivity index (χ0n) is 18.8. The van der Waals surface area contributed by atoms with Gasteiger partial charge in [-0.3, -0.25) is 9.59 Å². The lowest BCUT2D eigenvalue weighted by molar-refractivity contribution is -0.148. The Morgan fingerprint density at radius 2 is 1.78 bits per heavy atom. The molecule has 0 saturated carbocycles. The molecule has 1 aliphatic heterocycles. The number of ether oxygens (including phenoxy) is 1. The smallest absolute Gasteiger partial charge is 0.308 e. The lowest BCUT2D eigenvalue weighted by Gasteiger charge is -2.36. The predicted molar refractivity (Wildman–Crippen MR) is 134 cm³/mol. The molecule has 1 heterocycles. The summed E-state index contributed by atoms with van der Waals surface area (Å²) in [5, 5.41) is 3.14. The first-order valence-corrected chi connectivity index (χ1v) is 13.1. The number of carbonyl (C=O) groups is 2. The molecule has 0 bridgehead atoms. The van der Waals surface area contributed by atoms with Crippen molar-refractivity contribution in [3.8, 4) is 0 Å². The van der Waals surface area contributed by atoms with Gasteiger partial charge in [0.25, 0.3) is 5.91 Å². The Kier molecular flexibility index (Phi) is 7.94. The lowest BCUT2D eigenvalue weighted by atomic mass is 9.92. The van der Waals surface area contributed by atoms with E-state index in [0.717, 1.165) is 17.7 Å². The highest BCUT2D eigenvalue weighted by Crippen LogP contribution is 2.36. The molecule has 1 unspecified atom stereocenters. The van der Waals surface area contributed by atoms with E-state index in [0.29, 0.717) is 17.0 Å². The number of halogens is 3. The Labute approximate surface area is 217 Å². The molecule has 36 heavy (non-hydrogen) atoms. The summed E-state index contributed by atoms with van der Waals surface area (Å²) in [6.45, 7) is -0.469. The molecule has 0 radical (unpaired) electrons. The van der Waals surface area contributed by atoms with Gasteiger partial charge in [-0.2, -0.15) is 4.31 Å². The molecule has 3 aromatic rings. The van der Waals surface area contributed by atoms with Gasteiger partial charge in [0.1, 0.15) is 5.82 Å². The van der Waals surface area contributed by atoms with Crippen LogP contribution in [0.4, 0.5) is 10.1 Å². The predicted octanol–water partition coefficient (Wildman–Crippen LogP) is 4.99. The summed E-state index contributed by atoms with van der Waals surface area (Å²) in [4.78, 5) is 24.9. The number of sulfonamides is 1. The maximum absolute atomic E-state index is 13.4. The van der Waals surface area contributed by atoms with Gasteiger partial charge in [0.2, 0.25) is 10.0 Å². The van der Waals surface area contributed by atoms with Crippen molar-refractivity contribution >= 4 is 50.8 Å². The number of fused-ring (bicyclic) bond motifs is 1. The normalized spacial score (nSPS) is 15.7. The molecule has 0 aromatic heterocycles. The van der Waals surface area contributed by atoms with Crippen molar-refractivity contribution in [3.63, 3.8) is 0 Å². The molecule has 0 spiro atoms. The quantitative estimate of drug-likeness (QED) is 0.418. The SMILES string of the molecule is O=C(COC(=O)CC1c2ccccc2CCN1S(=O)(=O)c1ccc(F)cc1)Nc1cc(Cl)ccc1Cl.